The molecule has 1 unspecified atom stereocenters. The zero-order valence-electron chi connectivity index (χ0n) is 9.37. The Morgan fingerprint density at radius 3 is 2.76 bits per heavy atom. The minimum absolute atomic E-state index is 0.0404. The van der Waals surface area contributed by atoms with Gasteiger partial charge in [-0.2, -0.15) is 13.2 Å². The predicted octanol–water partition coefficient (Wildman–Crippen LogP) is 0.894. The number of hydrazine groups is 1. The van der Waals surface area contributed by atoms with E-state index < -0.39 is 12.8 Å². The van der Waals surface area contributed by atoms with E-state index in [2.05, 4.69) is 15.1 Å². The van der Waals surface area contributed by atoms with Crippen molar-refractivity contribution in [3.05, 3.63) is 18.2 Å². The first kappa shape index (κ1) is 13.9. The zero-order valence-corrected chi connectivity index (χ0v) is 9.37. The molecule has 5 nitrogen and oxygen atoms in total. The number of aromatic nitrogens is 2. The quantitative estimate of drug-likeness (QED) is 0.448. The molecule has 1 aromatic rings. The summed E-state index contributed by atoms with van der Waals surface area (Å²) in [5.74, 6) is 5.98. The van der Waals surface area contributed by atoms with Crippen molar-refractivity contribution in [2.45, 2.75) is 18.6 Å². The molecule has 0 aliphatic carbocycles. The molecule has 0 aliphatic rings. The highest BCUT2D eigenvalue weighted by Gasteiger charge is 2.27. The van der Waals surface area contributed by atoms with Crippen molar-refractivity contribution in [2.24, 2.45) is 12.9 Å². The van der Waals surface area contributed by atoms with Gasteiger partial charge in [0.15, 0.2) is 0 Å². The Labute approximate surface area is 96.7 Å². The van der Waals surface area contributed by atoms with Gasteiger partial charge in [-0.15, -0.1) is 0 Å². The molecular formula is C9H15F3N4O. The lowest BCUT2D eigenvalue weighted by atomic mass is 10.2. The average Bonchev–Trinajstić information content (AvgIpc) is 2.63. The second kappa shape index (κ2) is 5.99. The maximum atomic E-state index is 11.8. The number of aryl methyl sites for hydroxylation is 1. The topological polar surface area (TPSA) is 65.1 Å². The van der Waals surface area contributed by atoms with Crippen LogP contribution in [0.5, 0.6) is 0 Å². The second-order valence-corrected chi connectivity index (χ2v) is 3.57. The van der Waals surface area contributed by atoms with Crippen molar-refractivity contribution in [1.82, 2.24) is 15.0 Å². The summed E-state index contributed by atoms with van der Waals surface area (Å²) < 4.78 is 41.7. The molecule has 8 heteroatoms. The third-order valence-electron chi connectivity index (χ3n) is 2.19. The van der Waals surface area contributed by atoms with Crippen LogP contribution >= 0.6 is 0 Å². The van der Waals surface area contributed by atoms with Gasteiger partial charge in [-0.05, 0) is 6.42 Å². The molecule has 0 saturated carbocycles. The van der Waals surface area contributed by atoms with Crippen molar-refractivity contribution < 1.29 is 17.9 Å². The summed E-state index contributed by atoms with van der Waals surface area (Å²) >= 11 is 0. The van der Waals surface area contributed by atoms with E-state index in [0.29, 0.717) is 12.2 Å². The average molecular weight is 252 g/mol. The summed E-state index contributed by atoms with van der Waals surface area (Å²) in [6, 6.07) is -0.330. The standard InChI is InChI=1S/C9H15F3N4O/c1-16-4-3-14-8(16)7(15-13)2-5-17-6-9(10,11)12/h3-4,7,15H,2,5-6,13H2,1H3. The monoisotopic (exact) mass is 252 g/mol. The fourth-order valence-electron chi connectivity index (χ4n) is 1.39. The molecule has 0 aliphatic heterocycles. The molecule has 1 aromatic heterocycles. The van der Waals surface area contributed by atoms with Crippen molar-refractivity contribution >= 4 is 0 Å². The lowest BCUT2D eigenvalue weighted by Gasteiger charge is -2.16. The van der Waals surface area contributed by atoms with Gasteiger partial charge >= 0.3 is 6.18 Å². The first-order chi connectivity index (χ1) is 7.94. The Bertz CT molecular complexity index is 339. The molecule has 0 bridgehead atoms. The van der Waals surface area contributed by atoms with Crippen molar-refractivity contribution in [3.8, 4) is 0 Å². The van der Waals surface area contributed by atoms with Gasteiger partial charge in [0.25, 0.3) is 0 Å². The lowest BCUT2D eigenvalue weighted by Crippen LogP contribution is -2.31. The number of nitrogens with zero attached hydrogens (tertiary/aromatic N) is 2. The normalized spacial score (nSPS) is 13.9. The molecule has 98 valence electrons. The van der Waals surface area contributed by atoms with E-state index >= 15 is 0 Å². The van der Waals surface area contributed by atoms with Gasteiger partial charge in [0.1, 0.15) is 12.4 Å². The van der Waals surface area contributed by atoms with Crippen LogP contribution in [0, 0.1) is 0 Å². The first-order valence-corrected chi connectivity index (χ1v) is 5.02. The van der Waals surface area contributed by atoms with Crippen LogP contribution in [0.1, 0.15) is 18.3 Å². The summed E-state index contributed by atoms with van der Waals surface area (Å²) in [5, 5.41) is 0. The van der Waals surface area contributed by atoms with Crippen LogP contribution in [0.25, 0.3) is 0 Å². The SMILES string of the molecule is Cn1ccnc1C(CCOCC(F)(F)F)NN. The fourth-order valence-corrected chi connectivity index (χ4v) is 1.39. The Morgan fingerprint density at radius 2 is 2.29 bits per heavy atom. The van der Waals surface area contributed by atoms with E-state index in [4.69, 9.17) is 5.84 Å². The number of nitrogens with two attached hydrogens (primary N) is 1. The summed E-state index contributed by atoms with van der Waals surface area (Å²) in [6.07, 6.45) is -0.654. The van der Waals surface area contributed by atoms with E-state index in [1.165, 1.54) is 0 Å². The number of nitrogens with one attached hydrogen (secondary N) is 1. The van der Waals surface area contributed by atoms with Crippen molar-refractivity contribution in [1.29, 1.82) is 0 Å². The number of rotatable bonds is 6. The van der Waals surface area contributed by atoms with E-state index in [1.807, 2.05) is 0 Å². The van der Waals surface area contributed by atoms with Crippen LogP contribution in [-0.2, 0) is 11.8 Å². The van der Waals surface area contributed by atoms with Gasteiger partial charge in [-0.3, -0.25) is 5.84 Å². The predicted molar refractivity (Wildman–Crippen MR) is 54.8 cm³/mol. The largest absolute Gasteiger partial charge is 0.411 e. The molecule has 0 amide bonds. The maximum absolute atomic E-state index is 11.8. The van der Waals surface area contributed by atoms with E-state index in [1.54, 1.807) is 24.0 Å². The van der Waals surface area contributed by atoms with Gasteiger partial charge in [-0.25, -0.2) is 10.4 Å². The smallest absolute Gasteiger partial charge is 0.372 e. The highest BCUT2D eigenvalue weighted by atomic mass is 19.4. The summed E-state index contributed by atoms with van der Waals surface area (Å²) in [5.41, 5.74) is 2.50. The lowest BCUT2D eigenvalue weighted by molar-refractivity contribution is -0.174. The van der Waals surface area contributed by atoms with E-state index in [9.17, 15) is 13.2 Å². The molecule has 1 atom stereocenters. The molecule has 1 heterocycles. The van der Waals surface area contributed by atoms with Crippen LogP contribution in [0.3, 0.4) is 0 Å². The van der Waals surface area contributed by atoms with E-state index in [0.717, 1.165) is 0 Å². The van der Waals surface area contributed by atoms with Crippen molar-refractivity contribution in [2.75, 3.05) is 13.2 Å². The van der Waals surface area contributed by atoms with Gasteiger partial charge in [-0.1, -0.05) is 0 Å². The highest BCUT2D eigenvalue weighted by Crippen LogP contribution is 2.16. The molecule has 3 N–H and O–H groups in total. The second-order valence-electron chi connectivity index (χ2n) is 3.57. The molecule has 17 heavy (non-hydrogen) atoms. The minimum atomic E-state index is -4.30. The number of hydrogen-bond acceptors (Lipinski definition) is 4. The maximum Gasteiger partial charge on any atom is 0.411 e. The molecular weight excluding hydrogens is 237 g/mol. The number of ether oxygens (including phenoxy) is 1. The van der Waals surface area contributed by atoms with Crippen molar-refractivity contribution in [3.63, 3.8) is 0 Å². The van der Waals surface area contributed by atoms with Crippen LogP contribution in [0.4, 0.5) is 13.2 Å². The van der Waals surface area contributed by atoms with Gasteiger partial charge in [0.05, 0.1) is 6.04 Å². The highest BCUT2D eigenvalue weighted by molar-refractivity contribution is 4.97. The third kappa shape index (κ3) is 4.72. The first-order valence-electron chi connectivity index (χ1n) is 5.02. The van der Waals surface area contributed by atoms with Crippen LogP contribution in [0.2, 0.25) is 0 Å². The Hall–Kier alpha value is -1.12. The molecule has 0 fully saturated rings. The Morgan fingerprint density at radius 1 is 1.59 bits per heavy atom. The zero-order chi connectivity index (χ0) is 12.9. The number of alkyl halides is 3. The molecule has 0 radical (unpaired) electrons. The van der Waals surface area contributed by atoms with Gasteiger partial charge in [0.2, 0.25) is 0 Å². The Balaban J connectivity index is 2.37. The molecule has 1 rings (SSSR count). The van der Waals surface area contributed by atoms with Crippen LogP contribution in [-0.4, -0.2) is 28.9 Å². The summed E-state index contributed by atoms with van der Waals surface area (Å²) in [6.45, 7) is -1.29. The number of halogens is 3. The minimum Gasteiger partial charge on any atom is -0.372 e. The van der Waals surface area contributed by atoms with Gasteiger partial charge < -0.3 is 9.30 Å². The molecule has 0 aromatic carbocycles. The Kier molecular flexibility index (Phi) is 4.91. The van der Waals surface area contributed by atoms with Crippen LogP contribution in [0.15, 0.2) is 12.4 Å². The summed E-state index contributed by atoms with van der Waals surface area (Å²) in [4.78, 5) is 4.06. The third-order valence-corrected chi connectivity index (χ3v) is 2.19. The fraction of sp³-hybridized carbons (Fsp3) is 0.667. The summed E-state index contributed by atoms with van der Waals surface area (Å²) in [7, 11) is 1.78. The van der Waals surface area contributed by atoms with E-state index in [-0.39, 0.29) is 12.6 Å². The molecule has 0 spiro atoms. The molecule has 0 saturated heterocycles. The van der Waals surface area contributed by atoms with Crippen LogP contribution < -0.4 is 11.3 Å². The number of hydrogen-bond donors (Lipinski definition) is 2. The van der Waals surface area contributed by atoms with Gasteiger partial charge in [0, 0.05) is 26.0 Å². The number of imidazole rings is 1.